The van der Waals surface area contributed by atoms with Crippen LogP contribution in [0.1, 0.15) is 26.3 Å². The van der Waals surface area contributed by atoms with Crippen LogP contribution in [0.2, 0.25) is 0 Å². The lowest BCUT2D eigenvalue weighted by Crippen LogP contribution is -2.27. The average Bonchev–Trinajstić information content (AvgIpc) is 2.79. The molecule has 8 heteroatoms. The first kappa shape index (κ1) is 14.9. The number of benzene rings is 1. The van der Waals surface area contributed by atoms with Crippen molar-refractivity contribution in [3.63, 3.8) is 0 Å². The van der Waals surface area contributed by atoms with E-state index in [2.05, 4.69) is 5.10 Å². The van der Waals surface area contributed by atoms with Crippen LogP contribution in [0.3, 0.4) is 0 Å². The van der Waals surface area contributed by atoms with E-state index >= 15 is 0 Å². The highest BCUT2D eigenvalue weighted by atomic mass is 16.6. The number of fused-ring (bicyclic) bond motifs is 1. The fraction of sp³-hybridized carbons (Fsp3) is 0.385. The average molecular weight is 292 g/mol. The summed E-state index contributed by atoms with van der Waals surface area (Å²) in [5, 5.41) is 15.5. The first-order valence-electron chi connectivity index (χ1n) is 6.31. The number of hydrogen-bond acceptors (Lipinski definition) is 6. The smallest absolute Gasteiger partial charge is 0.435 e. The Balaban J connectivity index is 2.58. The second kappa shape index (κ2) is 5.13. The van der Waals surface area contributed by atoms with E-state index in [0.717, 1.165) is 4.68 Å². The Morgan fingerprint density at radius 3 is 2.67 bits per heavy atom. The van der Waals surface area contributed by atoms with Crippen LogP contribution in [0, 0.1) is 10.1 Å². The van der Waals surface area contributed by atoms with Crippen molar-refractivity contribution in [1.29, 1.82) is 0 Å². The standard InChI is InChI=1S/C13H16N4O4/c1-13(2,3)21-12(18)16-11-5-9(17(19)20)4-8(6-14)10(11)7-15-16/h4-5,7H,6,14H2,1-3H3. The highest BCUT2D eigenvalue weighted by molar-refractivity contribution is 5.91. The minimum Gasteiger partial charge on any atom is -0.442 e. The molecule has 1 aromatic heterocycles. The van der Waals surface area contributed by atoms with Crippen LogP contribution in [0.25, 0.3) is 10.9 Å². The van der Waals surface area contributed by atoms with Crippen molar-refractivity contribution < 1.29 is 14.5 Å². The molecule has 8 nitrogen and oxygen atoms in total. The molecule has 0 bridgehead atoms. The third-order valence-electron chi connectivity index (χ3n) is 2.76. The zero-order chi connectivity index (χ0) is 15.8. The fourth-order valence-electron chi connectivity index (χ4n) is 1.91. The molecule has 0 fully saturated rings. The van der Waals surface area contributed by atoms with Gasteiger partial charge < -0.3 is 10.5 Å². The van der Waals surface area contributed by atoms with Gasteiger partial charge in [0.25, 0.3) is 5.69 Å². The number of nitro groups is 1. The van der Waals surface area contributed by atoms with Crippen LogP contribution in [-0.4, -0.2) is 26.4 Å². The molecule has 1 aromatic carbocycles. The van der Waals surface area contributed by atoms with Gasteiger partial charge in [0, 0.05) is 24.1 Å². The zero-order valence-corrected chi connectivity index (χ0v) is 12.0. The zero-order valence-electron chi connectivity index (χ0n) is 12.0. The summed E-state index contributed by atoms with van der Waals surface area (Å²) in [6, 6.07) is 2.66. The van der Waals surface area contributed by atoms with E-state index in [1.54, 1.807) is 20.8 Å². The predicted molar refractivity (Wildman–Crippen MR) is 75.9 cm³/mol. The second-order valence-electron chi connectivity index (χ2n) is 5.54. The van der Waals surface area contributed by atoms with Gasteiger partial charge in [-0.25, -0.2) is 4.79 Å². The molecule has 2 rings (SSSR count). The van der Waals surface area contributed by atoms with E-state index in [1.165, 1.54) is 18.3 Å². The minimum atomic E-state index is -0.694. The lowest BCUT2D eigenvalue weighted by Gasteiger charge is -2.19. The molecule has 0 saturated carbocycles. The second-order valence-corrected chi connectivity index (χ2v) is 5.54. The molecule has 2 N–H and O–H groups in total. The van der Waals surface area contributed by atoms with Crippen molar-refractivity contribution in [2.24, 2.45) is 5.73 Å². The van der Waals surface area contributed by atoms with Gasteiger partial charge >= 0.3 is 6.09 Å². The molecule has 1 heterocycles. The summed E-state index contributed by atoms with van der Waals surface area (Å²) in [6.45, 7) is 5.29. The van der Waals surface area contributed by atoms with Gasteiger partial charge in [-0.3, -0.25) is 10.1 Å². The molecule has 0 amide bonds. The Bertz CT molecular complexity index is 715. The summed E-state index contributed by atoms with van der Waals surface area (Å²) in [7, 11) is 0. The fourth-order valence-corrected chi connectivity index (χ4v) is 1.91. The third-order valence-corrected chi connectivity index (χ3v) is 2.76. The maximum atomic E-state index is 12.1. The van der Waals surface area contributed by atoms with Crippen LogP contribution >= 0.6 is 0 Å². The Labute approximate surface area is 120 Å². The van der Waals surface area contributed by atoms with Crippen molar-refractivity contribution in [1.82, 2.24) is 9.78 Å². The van der Waals surface area contributed by atoms with E-state index in [9.17, 15) is 14.9 Å². The van der Waals surface area contributed by atoms with Crippen molar-refractivity contribution in [3.05, 3.63) is 34.0 Å². The van der Waals surface area contributed by atoms with Crippen LogP contribution in [0.5, 0.6) is 0 Å². The monoisotopic (exact) mass is 292 g/mol. The summed E-state index contributed by atoms with van der Waals surface area (Å²) in [5.74, 6) is 0. The van der Waals surface area contributed by atoms with Crippen LogP contribution < -0.4 is 5.73 Å². The summed E-state index contributed by atoms with van der Waals surface area (Å²) in [4.78, 5) is 22.5. The lowest BCUT2D eigenvalue weighted by atomic mass is 10.1. The maximum absolute atomic E-state index is 12.1. The largest absolute Gasteiger partial charge is 0.442 e. The molecular weight excluding hydrogens is 276 g/mol. The number of carbonyl (C=O) groups excluding carboxylic acids is 1. The molecule has 0 aliphatic heterocycles. The van der Waals surface area contributed by atoms with Gasteiger partial charge in [0.15, 0.2) is 0 Å². The van der Waals surface area contributed by atoms with Crippen molar-refractivity contribution in [3.8, 4) is 0 Å². The van der Waals surface area contributed by atoms with Gasteiger partial charge in [-0.2, -0.15) is 9.78 Å². The molecule has 0 unspecified atom stereocenters. The molecule has 0 spiro atoms. The molecule has 0 saturated heterocycles. The molecule has 0 radical (unpaired) electrons. The summed E-state index contributed by atoms with van der Waals surface area (Å²) in [6.07, 6.45) is 0.756. The van der Waals surface area contributed by atoms with Gasteiger partial charge in [-0.1, -0.05) is 0 Å². The van der Waals surface area contributed by atoms with Crippen LogP contribution in [0.4, 0.5) is 10.5 Å². The number of ether oxygens (including phenoxy) is 1. The Hall–Kier alpha value is -2.48. The number of nitrogens with zero attached hydrogens (tertiary/aromatic N) is 3. The van der Waals surface area contributed by atoms with E-state index in [1.807, 2.05) is 0 Å². The number of non-ortho nitro benzene ring substituents is 1. The summed E-state index contributed by atoms with van der Waals surface area (Å²) < 4.78 is 6.23. The number of hydrogen-bond donors (Lipinski definition) is 1. The number of nitro benzene ring substituents is 1. The normalized spacial score (nSPS) is 11.6. The molecule has 21 heavy (non-hydrogen) atoms. The molecular formula is C13H16N4O4. The highest BCUT2D eigenvalue weighted by Gasteiger charge is 2.22. The van der Waals surface area contributed by atoms with Crippen LogP contribution in [-0.2, 0) is 11.3 Å². The summed E-state index contributed by atoms with van der Waals surface area (Å²) >= 11 is 0. The molecule has 0 aliphatic carbocycles. The maximum Gasteiger partial charge on any atom is 0.435 e. The number of aromatic nitrogens is 2. The molecule has 112 valence electrons. The number of carbonyl (C=O) groups is 1. The van der Waals surface area contributed by atoms with Crippen molar-refractivity contribution in [2.75, 3.05) is 0 Å². The van der Waals surface area contributed by atoms with Crippen LogP contribution in [0.15, 0.2) is 18.3 Å². The Morgan fingerprint density at radius 2 is 2.14 bits per heavy atom. The molecule has 0 atom stereocenters. The highest BCUT2D eigenvalue weighted by Crippen LogP contribution is 2.25. The van der Waals surface area contributed by atoms with Gasteiger partial charge in [0.2, 0.25) is 0 Å². The topological polar surface area (TPSA) is 113 Å². The van der Waals surface area contributed by atoms with E-state index in [4.69, 9.17) is 10.5 Å². The number of nitrogens with two attached hydrogens (primary N) is 1. The quantitative estimate of drug-likeness (QED) is 0.670. The predicted octanol–water partition coefficient (Wildman–Crippen LogP) is 2.19. The van der Waals surface area contributed by atoms with E-state index < -0.39 is 16.6 Å². The van der Waals surface area contributed by atoms with E-state index in [0.29, 0.717) is 16.5 Å². The van der Waals surface area contributed by atoms with Crippen molar-refractivity contribution in [2.45, 2.75) is 32.9 Å². The van der Waals surface area contributed by atoms with Gasteiger partial charge in [0.1, 0.15) is 5.60 Å². The Morgan fingerprint density at radius 1 is 1.48 bits per heavy atom. The Kier molecular flexibility index (Phi) is 3.65. The minimum absolute atomic E-state index is 0.109. The van der Waals surface area contributed by atoms with Gasteiger partial charge in [0.05, 0.1) is 16.6 Å². The number of rotatable bonds is 2. The van der Waals surface area contributed by atoms with Gasteiger partial charge in [-0.05, 0) is 26.3 Å². The SMILES string of the molecule is CC(C)(C)OC(=O)n1ncc2c(CN)cc([N+](=O)[O-])cc21. The van der Waals surface area contributed by atoms with Crippen molar-refractivity contribution >= 4 is 22.7 Å². The molecule has 0 aliphatic rings. The molecule has 2 aromatic rings. The third kappa shape index (κ3) is 3.00. The first-order valence-corrected chi connectivity index (χ1v) is 6.31. The summed E-state index contributed by atoms with van der Waals surface area (Å²) in [5.41, 5.74) is 5.62. The van der Waals surface area contributed by atoms with E-state index in [-0.39, 0.29) is 12.2 Å². The lowest BCUT2D eigenvalue weighted by molar-refractivity contribution is -0.384. The van der Waals surface area contributed by atoms with Gasteiger partial charge in [-0.15, -0.1) is 0 Å². The first-order chi connectivity index (χ1) is 9.73.